The molecule has 0 aliphatic carbocycles. The third kappa shape index (κ3) is 3.36. The number of benzene rings is 1. The van der Waals surface area contributed by atoms with Crippen molar-refractivity contribution in [3.05, 3.63) is 24.3 Å². The molecule has 1 fully saturated rings. The zero-order valence-electron chi connectivity index (χ0n) is 10.3. The molecule has 1 aliphatic heterocycles. The van der Waals surface area contributed by atoms with Crippen molar-refractivity contribution >= 4 is 21.6 Å². The first-order valence-corrected chi connectivity index (χ1v) is 7.65. The average Bonchev–Trinajstić information content (AvgIpc) is 2.57. The van der Waals surface area contributed by atoms with E-state index in [2.05, 4.69) is 4.72 Å². The van der Waals surface area contributed by atoms with Crippen LogP contribution in [0.15, 0.2) is 24.3 Å². The molecule has 0 saturated carbocycles. The molecule has 0 bridgehead atoms. The van der Waals surface area contributed by atoms with Crippen molar-refractivity contribution < 1.29 is 8.42 Å². The van der Waals surface area contributed by atoms with Gasteiger partial charge in [0.15, 0.2) is 0 Å². The number of nitrogens with one attached hydrogen (secondary N) is 1. The number of nitrogens with zero attached hydrogens (tertiary/aromatic N) is 1. The van der Waals surface area contributed by atoms with E-state index in [1.807, 2.05) is 0 Å². The van der Waals surface area contributed by atoms with Crippen LogP contribution < -0.4 is 10.5 Å². The summed E-state index contributed by atoms with van der Waals surface area (Å²) in [5.74, 6) is 0. The minimum absolute atomic E-state index is 0.513. The van der Waals surface area contributed by atoms with Gasteiger partial charge in [-0.3, -0.25) is 4.72 Å². The van der Waals surface area contributed by atoms with Crippen LogP contribution in [0.1, 0.15) is 25.7 Å². The third-order valence-electron chi connectivity index (χ3n) is 3.04. The summed E-state index contributed by atoms with van der Waals surface area (Å²) < 4.78 is 28.5. The van der Waals surface area contributed by atoms with Crippen molar-refractivity contribution in [2.45, 2.75) is 25.7 Å². The second-order valence-electron chi connectivity index (χ2n) is 4.55. The minimum Gasteiger partial charge on any atom is -0.399 e. The summed E-state index contributed by atoms with van der Waals surface area (Å²) in [4.78, 5) is 0. The van der Waals surface area contributed by atoms with Crippen LogP contribution in [0.3, 0.4) is 0 Å². The number of nitrogen functional groups attached to an aromatic ring is 1. The summed E-state index contributed by atoms with van der Waals surface area (Å²) in [5.41, 5.74) is 6.69. The molecular weight excluding hydrogens is 250 g/mol. The Morgan fingerprint density at radius 3 is 2.39 bits per heavy atom. The maximum absolute atomic E-state index is 12.2. The first kappa shape index (κ1) is 13.2. The van der Waals surface area contributed by atoms with Crippen LogP contribution in [0, 0.1) is 0 Å². The molecular formula is C12H19N3O2S. The van der Waals surface area contributed by atoms with Crippen molar-refractivity contribution in [2.75, 3.05) is 23.5 Å². The molecule has 1 aromatic rings. The summed E-state index contributed by atoms with van der Waals surface area (Å²) in [5, 5.41) is 0. The molecule has 0 spiro atoms. The lowest BCUT2D eigenvalue weighted by Gasteiger charge is -2.20. The van der Waals surface area contributed by atoms with Gasteiger partial charge in [0.1, 0.15) is 0 Å². The van der Waals surface area contributed by atoms with E-state index in [0.29, 0.717) is 24.5 Å². The standard InChI is InChI=1S/C12H19N3O2S/c13-11-6-5-7-12(10-11)14-18(16,17)15-8-3-1-2-4-9-15/h5-7,10,14H,1-4,8-9,13H2. The molecule has 1 aliphatic rings. The highest BCUT2D eigenvalue weighted by atomic mass is 32.2. The lowest BCUT2D eigenvalue weighted by atomic mass is 10.2. The maximum Gasteiger partial charge on any atom is 0.301 e. The van der Waals surface area contributed by atoms with E-state index in [4.69, 9.17) is 5.73 Å². The first-order chi connectivity index (χ1) is 8.58. The fraction of sp³-hybridized carbons (Fsp3) is 0.500. The Kier molecular flexibility index (Phi) is 4.08. The Balaban J connectivity index is 2.10. The molecule has 1 saturated heterocycles. The largest absolute Gasteiger partial charge is 0.399 e. The lowest BCUT2D eigenvalue weighted by molar-refractivity contribution is 0.427. The molecule has 0 unspecified atom stereocenters. The fourth-order valence-electron chi connectivity index (χ4n) is 2.10. The van der Waals surface area contributed by atoms with Gasteiger partial charge in [-0.2, -0.15) is 12.7 Å². The van der Waals surface area contributed by atoms with Crippen molar-refractivity contribution in [2.24, 2.45) is 0 Å². The second kappa shape index (κ2) is 5.58. The highest BCUT2D eigenvalue weighted by Crippen LogP contribution is 2.18. The molecule has 6 heteroatoms. The molecule has 2 rings (SSSR count). The second-order valence-corrected chi connectivity index (χ2v) is 6.22. The first-order valence-electron chi connectivity index (χ1n) is 6.21. The van der Waals surface area contributed by atoms with E-state index in [9.17, 15) is 8.42 Å². The van der Waals surface area contributed by atoms with Gasteiger partial charge in [0.05, 0.1) is 5.69 Å². The molecule has 5 nitrogen and oxygen atoms in total. The predicted octanol–water partition coefficient (Wildman–Crippen LogP) is 1.80. The third-order valence-corrected chi connectivity index (χ3v) is 4.58. The summed E-state index contributed by atoms with van der Waals surface area (Å²) in [6, 6.07) is 6.78. The van der Waals surface area contributed by atoms with Crippen LogP contribution in [0.2, 0.25) is 0 Å². The molecule has 1 heterocycles. The molecule has 18 heavy (non-hydrogen) atoms. The van der Waals surface area contributed by atoms with Crippen LogP contribution >= 0.6 is 0 Å². The van der Waals surface area contributed by atoms with Crippen LogP contribution in [0.5, 0.6) is 0 Å². The minimum atomic E-state index is -3.45. The number of rotatable bonds is 3. The Bertz CT molecular complexity index is 494. The Hall–Kier alpha value is -1.27. The Labute approximate surface area is 108 Å². The van der Waals surface area contributed by atoms with Crippen LogP contribution in [0.25, 0.3) is 0 Å². The monoisotopic (exact) mass is 269 g/mol. The van der Waals surface area contributed by atoms with E-state index in [1.54, 1.807) is 24.3 Å². The summed E-state index contributed by atoms with van der Waals surface area (Å²) >= 11 is 0. The SMILES string of the molecule is Nc1cccc(NS(=O)(=O)N2CCCCCC2)c1. The van der Waals surface area contributed by atoms with Crippen molar-refractivity contribution in [3.63, 3.8) is 0 Å². The molecule has 0 atom stereocenters. The normalized spacial score (nSPS) is 18.2. The Morgan fingerprint density at radius 1 is 1.11 bits per heavy atom. The predicted molar refractivity (Wildman–Crippen MR) is 73.4 cm³/mol. The summed E-state index contributed by atoms with van der Waals surface area (Å²) in [6.45, 7) is 1.19. The number of nitrogens with two attached hydrogens (primary N) is 1. The summed E-state index contributed by atoms with van der Waals surface area (Å²) in [6.07, 6.45) is 4.06. The molecule has 100 valence electrons. The molecule has 0 radical (unpaired) electrons. The van der Waals surface area contributed by atoms with Gasteiger partial charge in [-0.15, -0.1) is 0 Å². The molecule has 0 amide bonds. The maximum atomic E-state index is 12.2. The van der Waals surface area contributed by atoms with Gasteiger partial charge in [0.25, 0.3) is 0 Å². The van der Waals surface area contributed by atoms with Gasteiger partial charge in [-0.05, 0) is 31.0 Å². The average molecular weight is 269 g/mol. The smallest absolute Gasteiger partial charge is 0.301 e. The van der Waals surface area contributed by atoms with Gasteiger partial charge in [-0.25, -0.2) is 0 Å². The van der Waals surface area contributed by atoms with Crippen LogP contribution in [-0.4, -0.2) is 25.8 Å². The zero-order valence-corrected chi connectivity index (χ0v) is 11.1. The van der Waals surface area contributed by atoms with E-state index in [1.165, 1.54) is 4.31 Å². The zero-order chi connectivity index (χ0) is 13.0. The van der Waals surface area contributed by atoms with Gasteiger partial charge >= 0.3 is 10.2 Å². The van der Waals surface area contributed by atoms with Crippen molar-refractivity contribution in [1.82, 2.24) is 4.31 Å². The number of anilines is 2. The van der Waals surface area contributed by atoms with Gasteiger partial charge in [0.2, 0.25) is 0 Å². The van der Waals surface area contributed by atoms with Crippen LogP contribution in [0.4, 0.5) is 11.4 Å². The van der Waals surface area contributed by atoms with Crippen molar-refractivity contribution in [1.29, 1.82) is 0 Å². The fourth-order valence-corrected chi connectivity index (χ4v) is 3.39. The quantitative estimate of drug-likeness (QED) is 0.822. The molecule has 0 aromatic heterocycles. The number of hydrogen-bond acceptors (Lipinski definition) is 3. The highest BCUT2D eigenvalue weighted by molar-refractivity contribution is 7.90. The van der Waals surface area contributed by atoms with E-state index in [0.717, 1.165) is 25.7 Å². The van der Waals surface area contributed by atoms with Gasteiger partial charge < -0.3 is 5.73 Å². The highest BCUT2D eigenvalue weighted by Gasteiger charge is 2.22. The molecule has 1 aromatic carbocycles. The van der Waals surface area contributed by atoms with Gasteiger partial charge in [0, 0.05) is 18.8 Å². The number of hydrogen-bond donors (Lipinski definition) is 2. The van der Waals surface area contributed by atoms with Crippen LogP contribution in [-0.2, 0) is 10.2 Å². The summed E-state index contributed by atoms with van der Waals surface area (Å²) in [7, 11) is -3.45. The van der Waals surface area contributed by atoms with E-state index < -0.39 is 10.2 Å². The van der Waals surface area contributed by atoms with E-state index in [-0.39, 0.29) is 0 Å². The van der Waals surface area contributed by atoms with E-state index >= 15 is 0 Å². The van der Waals surface area contributed by atoms with Crippen molar-refractivity contribution in [3.8, 4) is 0 Å². The van der Waals surface area contributed by atoms with Gasteiger partial charge in [-0.1, -0.05) is 18.9 Å². The topological polar surface area (TPSA) is 75.4 Å². The Morgan fingerprint density at radius 2 is 1.78 bits per heavy atom. The lowest BCUT2D eigenvalue weighted by Crippen LogP contribution is -2.36. The molecule has 3 N–H and O–H groups in total.